The molecule has 2 rings (SSSR count). The number of aliphatic hydroxyl groups is 1. The molecule has 0 aliphatic rings. The van der Waals surface area contributed by atoms with Gasteiger partial charge in [-0.3, -0.25) is 9.63 Å². The molecule has 0 aliphatic heterocycles. The third-order valence-electron chi connectivity index (χ3n) is 2.92. The quantitative estimate of drug-likeness (QED) is 0.813. The summed E-state index contributed by atoms with van der Waals surface area (Å²) in [6, 6.07) is 5.18. The summed E-state index contributed by atoms with van der Waals surface area (Å²) in [5.74, 6) is 0.334. The van der Waals surface area contributed by atoms with Crippen molar-refractivity contribution >= 4 is 16.9 Å². The molecule has 0 saturated heterocycles. The van der Waals surface area contributed by atoms with E-state index in [2.05, 4.69) is 4.98 Å². The Morgan fingerprint density at radius 3 is 2.89 bits per heavy atom. The lowest BCUT2D eigenvalue weighted by atomic mass is 10.2. The maximum Gasteiger partial charge on any atom is 0.277 e. The van der Waals surface area contributed by atoms with E-state index in [1.807, 2.05) is 0 Å². The standard InChI is InChI=1S/C12H15N3O3/c1-14-10-6-8(12(17)15(2)18-3)4-5-9(10)13-11(14)7-16/h4-6,16H,7H2,1-3H3. The molecule has 0 atom stereocenters. The van der Waals surface area contributed by atoms with Crippen LogP contribution < -0.4 is 0 Å². The van der Waals surface area contributed by atoms with Gasteiger partial charge in [-0.05, 0) is 18.2 Å². The van der Waals surface area contributed by atoms with Gasteiger partial charge in [0.05, 0.1) is 18.1 Å². The number of aliphatic hydroxyl groups excluding tert-OH is 1. The van der Waals surface area contributed by atoms with Crippen molar-refractivity contribution in [2.24, 2.45) is 7.05 Å². The van der Waals surface area contributed by atoms with Gasteiger partial charge in [-0.1, -0.05) is 0 Å². The summed E-state index contributed by atoms with van der Waals surface area (Å²) in [5.41, 5.74) is 2.06. The van der Waals surface area contributed by atoms with Crippen LogP contribution in [0.5, 0.6) is 0 Å². The van der Waals surface area contributed by atoms with E-state index >= 15 is 0 Å². The highest BCUT2D eigenvalue weighted by Crippen LogP contribution is 2.17. The molecule has 0 bridgehead atoms. The number of carbonyl (C=O) groups is 1. The number of nitrogens with zero attached hydrogens (tertiary/aromatic N) is 3. The van der Waals surface area contributed by atoms with Crippen LogP contribution in [0, 0.1) is 0 Å². The third-order valence-corrected chi connectivity index (χ3v) is 2.92. The number of aryl methyl sites for hydroxylation is 1. The largest absolute Gasteiger partial charge is 0.388 e. The number of imidazole rings is 1. The lowest BCUT2D eigenvalue weighted by Crippen LogP contribution is -2.25. The minimum Gasteiger partial charge on any atom is -0.388 e. The van der Waals surface area contributed by atoms with E-state index < -0.39 is 0 Å². The average molecular weight is 249 g/mol. The third kappa shape index (κ3) is 1.96. The Bertz CT molecular complexity index is 592. The van der Waals surface area contributed by atoms with Gasteiger partial charge in [0.2, 0.25) is 0 Å². The summed E-state index contributed by atoms with van der Waals surface area (Å²) in [6.45, 7) is -0.133. The molecule has 6 nitrogen and oxygen atoms in total. The van der Waals surface area contributed by atoms with Crippen LogP contribution in [0.2, 0.25) is 0 Å². The van der Waals surface area contributed by atoms with Crippen molar-refractivity contribution in [2.45, 2.75) is 6.61 Å². The predicted octanol–water partition coefficient (Wildman–Crippen LogP) is 0.699. The summed E-state index contributed by atoms with van der Waals surface area (Å²) in [6.07, 6.45) is 0. The van der Waals surface area contributed by atoms with Crippen LogP contribution >= 0.6 is 0 Å². The molecule has 0 saturated carbocycles. The Morgan fingerprint density at radius 1 is 1.56 bits per heavy atom. The molecule has 2 aromatic rings. The van der Waals surface area contributed by atoms with Gasteiger partial charge in [0.25, 0.3) is 5.91 Å². The second-order valence-corrected chi connectivity index (χ2v) is 3.93. The van der Waals surface area contributed by atoms with Crippen molar-refractivity contribution in [3.8, 4) is 0 Å². The Balaban J connectivity index is 2.50. The Hall–Kier alpha value is -1.92. The predicted molar refractivity (Wildman–Crippen MR) is 65.7 cm³/mol. The van der Waals surface area contributed by atoms with E-state index in [1.54, 1.807) is 36.9 Å². The summed E-state index contributed by atoms with van der Waals surface area (Å²) in [5, 5.41) is 10.3. The van der Waals surface area contributed by atoms with E-state index in [1.165, 1.54) is 7.11 Å². The normalized spacial score (nSPS) is 10.9. The van der Waals surface area contributed by atoms with Gasteiger partial charge in [-0.25, -0.2) is 10.0 Å². The molecule has 6 heteroatoms. The monoisotopic (exact) mass is 249 g/mol. The van der Waals surface area contributed by atoms with Crippen LogP contribution in [0.4, 0.5) is 0 Å². The minimum atomic E-state index is -0.230. The molecule has 18 heavy (non-hydrogen) atoms. The van der Waals surface area contributed by atoms with E-state index in [0.29, 0.717) is 11.4 Å². The zero-order chi connectivity index (χ0) is 13.3. The summed E-state index contributed by atoms with van der Waals surface area (Å²) in [4.78, 5) is 21.0. The van der Waals surface area contributed by atoms with Crippen LogP contribution in [0.25, 0.3) is 11.0 Å². The second kappa shape index (κ2) is 4.75. The summed E-state index contributed by atoms with van der Waals surface area (Å²) >= 11 is 0. The van der Waals surface area contributed by atoms with Crippen molar-refractivity contribution in [3.05, 3.63) is 29.6 Å². The second-order valence-electron chi connectivity index (χ2n) is 3.93. The van der Waals surface area contributed by atoms with Gasteiger partial charge >= 0.3 is 0 Å². The molecule has 1 aromatic heterocycles. The summed E-state index contributed by atoms with van der Waals surface area (Å²) < 4.78 is 1.76. The zero-order valence-corrected chi connectivity index (χ0v) is 10.5. The van der Waals surface area contributed by atoms with Crippen LogP contribution in [0.3, 0.4) is 0 Å². The minimum absolute atomic E-state index is 0.133. The first kappa shape index (κ1) is 12.5. The lowest BCUT2D eigenvalue weighted by molar-refractivity contribution is -0.0756. The Kier molecular flexibility index (Phi) is 3.31. The highest BCUT2D eigenvalue weighted by molar-refractivity contribution is 5.96. The van der Waals surface area contributed by atoms with Crippen LogP contribution in [-0.4, -0.2) is 39.8 Å². The van der Waals surface area contributed by atoms with E-state index in [9.17, 15) is 4.79 Å². The smallest absolute Gasteiger partial charge is 0.277 e. The fourth-order valence-corrected chi connectivity index (χ4v) is 1.78. The van der Waals surface area contributed by atoms with Gasteiger partial charge in [-0.15, -0.1) is 0 Å². The van der Waals surface area contributed by atoms with Crippen molar-refractivity contribution < 1.29 is 14.7 Å². The molecular weight excluding hydrogens is 234 g/mol. The van der Waals surface area contributed by atoms with Crippen LogP contribution in [0.1, 0.15) is 16.2 Å². The van der Waals surface area contributed by atoms with E-state index in [-0.39, 0.29) is 12.5 Å². The van der Waals surface area contributed by atoms with Crippen molar-refractivity contribution in [3.63, 3.8) is 0 Å². The van der Waals surface area contributed by atoms with Gasteiger partial charge < -0.3 is 9.67 Å². The molecular formula is C12H15N3O3. The number of hydrogen-bond donors (Lipinski definition) is 1. The van der Waals surface area contributed by atoms with E-state index in [0.717, 1.165) is 16.1 Å². The maximum absolute atomic E-state index is 11.9. The first-order chi connectivity index (χ1) is 8.58. The molecule has 0 unspecified atom stereocenters. The fraction of sp³-hybridized carbons (Fsp3) is 0.333. The molecule has 1 amide bonds. The number of benzene rings is 1. The molecule has 96 valence electrons. The van der Waals surface area contributed by atoms with Crippen molar-refractivity contribution in [1.29, 1.82) is 0 Å². The van der Waals surface area contributed by atoms with Crippen molar-refractivity contribution in [1.82, 2.24) is 14.6 Å². The molecule has 1 heterocycles. The number of hydrogen-bond acceptors (Lipinski definition) is 4. The first-order valence-corrected chi connectivity index (χ1v) is 5.47. The van der Waals surface area contributed by atoms with Gasteiger partial charge in [0.1, 0.15) is 12.4 Å². The van der Waals surface area contributed by atoms with Crippen LogP contribution in [0.15, 0.2) is 18.2 Å². The van der Waals surface area contributed by atoms with Gasteiger partial charge in [-0.2, -0.15) is 0 Å². The fourth-order valence-electron chi connectivity index (χ4n) is 1.78. The molecule has 1 aromatic carbocycles. The highest BCUT2D eigenvalue weighted by atomic mass is 16.7. The average Bonchev–Trinajstić information content (AvgIpc) is 2.73. The Labute approximate surface area is 104 Å². The topological polar surface area (TPSA) is 67.6 Å². The van der Waals surface area contributed by atoms with Gasteiger partial charge in [0, 0.05) is 19.7 Å². The summed E-state index contributed by atoms with van der Waals surface area (Å²) in [7, 11) is 4.79. The molecule has 0 fully saturated rings. The number of hydroxylamine groups is 2. The lowest BCUT2D eigenvalue weighted by Gasteiger charge is -2.13. The van der Waals surface area contributed by atoms with Crippen LogP contribution in [-0.2, 0) is 18.5 Å². The number of aromatic nitrogens is 2. The maximum atomic E-state index is 11.9. The first-order valence-electron chi connectivity index (χ1n) is 5.47. The molecule has 0 radical (unpaired) electrons. The Morgan fingerprint density at radius 2 is 2.28 bits per heavy atom. The molecule has 0 aliphatic carbocycles. The number of amides is 1. The van der Waals surface area contributed by atoms with E-state index in [4.69, 9.17) is 9.94 Å². The molecule has 0 spiro atoms. The molecule has 1 N–H and O–H groups in total. The van der Waals surface area contributed by atoms with Crippen molar-refractivity contribution in [2.75, 3.05) is 14.2 Å². The number of carbonyl (C=O) groups excluding carboxylic acids is 1. The number of rotatable bonds is 3. The highest BCUT2D eigenvalue weighted by Gasteiger charge is 2.14. The zero-order valence-electron chi connectivity index (χ0n) is 10.5. The van der Waals surface area contributed by atoms with Gasteiger partial charge in [0.15, 0.2) is 0 Å². The number of fused-ring (bicyclic) bond motifs is 1. The SMILES string of the molecule is CON(C)C(=O)c1ccc2nc(CO)n(C)c2c1.